The Kier molecular flexibility index (Phi) is 3.53. The van der Waals surface area contributed by atoms with Gasteiger partial charge in [-0.3, -0.25) is 0 Å². The number of halogens is 1. The smallest absolute Gasteiger partial charge is 0.0876 e. The van der Waals surface area contributed by atoms with Crippen LogP contribution >= 0.6 is 15.9 Å². The predicted octanol–water partition coefficient (Wildman–Crippen LogP) is 2.85. The second-order valence-corrected chi connectivity index (χ2v) is 6.48. The normalized spacial score (nSPS) is 10.0. The van der Waals surface area contributed by atoms with Crippen LogP contribution in [0.2, 0.25) is 13.1 Å². The molecule has 2 heteroatoms. The molecule has 0 saturated heterocycles. The van der Waals surface area contributed by atoms with Crippen LogP contribution in [0.5, 0.6) is 0 Å². The maximum atomic E-state index is 3.49. The van der Waals surface area contributed by atoms with Gasteiger partial charge in [-0.05, 0) is 30.2 Å². The molecule has 0 amide bonds. The number of alkyl halides is 1. The Morgan fingerprint density at radius 3 is 2.42 bits per heavy atom. The van der Waals surface area contributed by atoms with E-state index in [1.807, 2.05) is 0 Å². The Morgan fingerprint density at radius 1 is 1.25 bits per heavy atom. The average molecular weight is 242 g/mol. The maximum absolute atomic E-state index is 3.49. The third-order valence-electron chi connectivity index (χ3n) is 1.87. The molecule has 0 aliphatic heterocycles. The number of hydrogen-bond donors (Lipinski definition) is 0. The van der Waals surface area contributed by atoms with Crippen molar-refractivity contribution in [2.75, 3.05) is 0 Å². The fraction of sp³-hybridized carbons (Fsp3) is 0.400. The molecule has 0 aliphatic rings. The minimum absolute atomic E-state index is 0.287. The largest absolute Gasteiger partial charge is 0.345 e. The molecule has 0 unspecified atom stereocenters. The second kappa shape index (κ2) is 4.24. The molecule has 1 aromatic rings. The lowest BCUT2D eigenvalue weighted by Gasteiger charge is -1.99. The van der Waals surface area contributed by atoms with Crippen LogP contribution in [-0.4, -0.2) is 8.80 Å². The molecule has 0 nitrogen and oxygen atoms in total. The molecule has 0 spiro atoms. The highest BCUT2D eigenvalue weighted by Gasteiger charge is 2.15. The molecule has 64 valence electrons. The minimum atomic E-state index is -0.287. The highest BCUT2D eigenvalue weighted by atomic mass is 79.9. The standard InChI is InChI=1S/C10H14BrSi/c1-8-4-9(7-11)6-10(5-8)12(2)3/h4-6H,7H2,1-3H3/q+1. The van der Waals surface area contributed by atoms with Gasteiger partial charge in [-0.2, -0.15) is 0 Å². The molecule has 0 fully saturated rings. The van der Waals surface area contributed by atoms with Crippen LogP contribution in [-0.2, 0) is 5.33 Å². The topological polar surface area (TPSA) is 0 Å². The van der Waals surface area contributed by atoms with Gasteiger partial charge in [0.2, 0.25) is 0 Å². The lowest BCUT2D eigenvalue weighted by molar-refractivity contribution is 1.38. The van der Waals surface area contributed by atoms with Crippen LogP contribution in [0, 0.1) is 6.92 Å². The highest BCUT2D eigenvalue weighted by molar-refractivity contribution is 9.08. The molecule has 0 aromatic heterocycles. The molecule has 0 atom stereocenters. The molecule has 1 rings (SSSR count). The summed E-state index contributed by atoms with van der Waals surface area (Å²) in [5.74, 6) is 0. The Hall–Kier alpha value is -0.0831. The van der Waals surface area contributed by atoms with Gasteiger partial charge >= 0.3 is 8.80 Å². The van der Waals surface area contributed by atoms with Gasteiger partial charge < -0.3 is 0 Å². The summed E-state index contributed by atoms with van der Waals surface area (Å²) >= 11 is 3.49. The fourth-order valence-corrected chi connectivity index (χ4v) is 2.54. The first kappa shape index (κ1) is 10.0. The molecule has 0 N–H and O–H groups in total. The van der Waals surface area contributed by atoms with Crippen LogP contribution in [0.1, 0.15) is 11.1 Å². The number of benzene rings is 1. The molecule has 12 heavy (non-hydrogen) atoms. The van der Waals surface area contributed by atoms with Gasteiger partial charge in [0.05, 0.1) is 18.3 Å². The summed E-state index contributed by atoms with van der Waals surface area (Å²) in [4.78, 5) is 0. The van der Waals surface area contributed by atoms with E-state index in [-0.39, 0.29) is 8.80 Å². The number of hydrogen-bond acceptors (Lipinski definition) is 0. The van der Waals surface area contributed by atoms with Crippen molar-refractivity contribution in [3.8, 4) is 0 Å². The van der Waals surface area contributed by atoms with Gasteiger partial charge in [-0.25, -0.2) is 0 Å². The molecule has 0 radical (unpaired) electrons. The van der Waals surface area contributed by atoms with Crippen LogP contribution in [0.15, 0.2) is 18.2 Å². The van der Waals surface area contributed by atoms with Crippen molar-refractivity contribution in [1.82, 2.24) is 0 Å². The zero-order chi connectivity index (χ0) is 9.14. The summed E-state index contributed by atoms with van der Waals surface area (Å²) in [5.41, 5.74) is 2.78. The second-order valence-electron chi connectivity index (χ2n) is 3.34. The summed E-state index contributed by atoms with van der Waals surface area (Å²) < 4.78 is 0. The first-order chi connectivity index (χ1) is 5.63. The van der Waals surface area contributed by atoms with Crippen molar-refractivity contribution in [2.45, 2.75) is 25.3 Å². The third-order valence-corrected chi connectivity index (χ3v) is 3.96. The fourth-order valence-electron chi connectivity index (χ4n) is 1.23. The first-order valence-corrected chi connectivity index (χ1v) is 7.72. The summed E-state index contributed by atoms with van der Waals surface area (Å²) in [6, 6.07) is 6.86. The van der Waals surface area contributed by atoms with E-state index in [9.17, 15) is 0 Å². The lowest BCUT2D eigenvalue weighted by atomic mass is 10.2. The van der Waals surface area contributed by atoms with Gasteiger partial charge in [0.25, 0.3) is 0 Å². The lowest BCUT2D eigenvalue weighted by Crippen LogP contribution is -2.23. The molecule has 0 heterocycles. The average Bonchev–Trinajstić information content (AvgIpc) is 2.03. The van der Waals surface area contributed by atoms with Crippen molar-refractivity contribution in [1.29, 1.82) is 0 Å². The van der Waals surface area contributed by atoms with E-state index in [4.69, 9.17) is 0 Å². The molecule has 0 bridgehead atoms. The van der Waals surface area contributed by atoms with Crippen molar-refractivity contribution < 1.29 is 0 Å². The van der Waals surface area contributed by atoms with E-state index in [0.717, 1.165) is 5.33 Å². The van der Waals surface area contributed by atoms with Gasteiger partial charge in [0.15, 0.2) is 0 Å². The van der Waals surface area contributed by atoms with E-state index in [2.05, 4.69) is 54.1 Å². The molecule has 0 saturated carbocycles. The van der Waals surface area contributed by atoms with Crippen molar-refractivity contribution in [2.24, 2.45) is 0 Å². The van der Waals surface area contributed by atoms with Crippen LogP contribution in [0.25, 0.3) is 0 Å². The van der Waals surface area contributed by atoms with E-state index in [0.29, 0.717) is 0 Å². The van der Waals surface area contributed by atoms with E-state index < -0.39 is 0 Å². The van der Waals surface area contributed by atoms with Gasteiger partial charge in [-0.1, -0.05) is 22.0 Å². The van der Waals surface area contributed by atoms with Gasteiger partial charge in [0.1, 0.15) is 0 Å². The third kappa shape index (κ3) is 2.46. The molecular weight excluding hydrogens is 228 g/mol. The molecular formula is C10H14BrSi+. The predicted molar refractivity (Wildman–Crippen MR) is 60.9 cm³/mol. The van der Waals surface area contributed by atoms with Gasteiger partial charge in [-0.15, -0.1) is 0 Å². The summed E-state index contributed by atoms with van der Waals surface area (Å²) in [7, 11) is -0.287. The van der Waals surface area contributed by atoms with Crippen molar-refractivity contribution >= 4 is 29.9 Å². The Morgan fingerprint density at radius 2 is 1.92 bits per heavy atom. The minimum Gasteiger partial charge on any atom is -0.0876 e. The zero-order valence-corrected chi connectivity index (χ0v) is 10.4. The quantitative estimate of drug-likeness (QED) is 0.552. The Balaban J connectivity index is 3.06. The molecule has 0 aliphatic carbocycles. The SMILES string of the molecule is Cc1cc(CBr)cc([Si+](C)C)c1. The summed E-state index contributed by atoms with van der Waals surface area (Å²) in [5, 5.41) is 2.51. The first-order valence-electron chi connectivity index (χ1n) is 4.10. The van der Waals surface area contributed by atoms with E-state index in [1.54, 1.807) is 0 Å². The van der Waals surface area contributed by atoms with E-state index >= 15 is 0 Å². The molecule has 1 aromatic carbocycles. The summed E-state index contributed by atoms with van der Waals surface area (Å²) in [6.07, 6.45) is 0. The van der Waals surface area contributed by atoms with Gasteiger partial charge in [0, 0.05) is 5.33 Å². The van der Waals surface area contributed by atoms with E-state index in [1.165, 1.54) is 16.3 Å². The van der Waals surface area contributed by atoms with Crippen LogP contribution in [0.4, 0.5) is 0 Å². The van der Waals surface area contributed by atoms with Crippen molar-refractivity contribution in [3.63, 3.8) is 0 Å². The summed E-state index contributed by atoms with van der Waals surface area (Å²) in [6.45, 7) is 6.83. The highest BCUT2D eigenvalue weighted by Crippen LogP contribution is 2.07. The maximum Gasteiger partial charge on any atom is 0.345 e. The zero-order valence-electron chi connectivity index (χ0n) is 7.82. The number of rotatable bonds is 2. The number of aryl methyl sites for hydroxylation is 1. The monoisotopic (exact) mass is 241 g/mol. The Labute approximate surface area is 84.7 Å². The van der Waals surface area contributed by atoms with Crippen LogP contribution in [0.3, 0.4) is 0 Å². The van der Waals surface area contributed by atoms with Crippen LogP contribution < -0.4 is 5.19 Å². The van der Waals surface area contributed by atoms with Crippen molar-refractivity contribution in [3.05, 3.63) is 29.3 Å². The Bertz CT molecular complexity index is 269.